The fraction of sp³-hybridized carbons (Fsp3) is 0.300. The van der Waals surface area contributed by atoms with Crippen LogP contribution in [0.15, 0.2) is 48.5 Å². The minimum absolute atomic E-state index is 0.290. The second-order valence-electron chi connectivity index (χ2n) is 6.80. The van der Waals surface area contributed by atoms with Crippen molar-refractivity contribution >= 4 is 27.3 Å². The Hall–Kier alpha value is -2.76. The first kappa shape index (κ1) is 21.5. The number of hydrogen-bond acceptors (Lipinski definition) is 3. The zero-order valence-corrected chi connectivity index (χ0v) is 16.7. The van der Waals surface area contributed by atoms with Crippen molar-refractivity contribution in [2.75, 3.05) is 11.9 Å². The summed E-state index contributed by atoms with van der Waals surface area (Å²) in [6.07, 6.45) is 0. The number of carbonyl (C=O) groups is 1. The third-order valence-electron chi connectivity index (χ3n) is 4.23. The maximum atomic E-state index is 14.9. The lowest BCUT2D eigenvalue weighted by Gasteiger charge is -2.22. The van der Waals surface area contributed by atoms with Crippen LogP contribution in [0.1, 0.15) is 36.7 Å². The summed E-state index contributed by atoms with van der Waals surface area (Å²) in [7, 11) is -3.56. The van der Waals surface area contributed by atoms with Gasteiger partial charge in [0.25, 0.3) is 5.91 Å². The third-order valence-corrected chi connectivity index (χ3v) is 6.02. The molecule has 2 aromatic carbocycles. The normalized spacial score (nSPS) is 13.6. The van der Waals surface area contributed by atoms with E-state index in [1.807, 2.05) is 0 Å². The summed E-state index contributed by atoms with van der Waals surface area (Å²) < 4.78 is 40.8. The van der Waals surface area contributed by atoms with Crippen molar-refractivity contribution in [2.45, 2.75) is 31.7 Å². The number of sulfonamides is 1. The lowest BCUT2D eigenvalue weighted by Crippen LogP contribution is -2.39. The highest BCUT2D eigenvalue weighted by atomic mass is 32.2. The summed E-state index contributed by atoms with van der Waals surface area (Å²) in [6, 6.07) is 12.3. The molecule has 2 rings (SSSR count). The number of alkyl halides is 1. The Morgan fingerprint density at radius 1 is 1.14 bits per heavy atom. The molecule has 0 fully saturated rings. The molecule has 0 spiro atoms. The Bertz CT molecular complexity index is 977. The number of halogens is 1. The van der Waals surface area contributed by atoms with E-state index < -0.39 is 20.9 Å². The van der Waals surface area contributed by atoms with Crippen LogP contribution in [0, 0.1) is 6.57 Å². The van der Waals surface area contributed by atoms with Crippen molar-refractivity contribution in [2.24, 2.45) is 0 Å². The molecular weight excluding hydrogens is 381 g/mol. The minimum atomic E-state index is -3.56. The van der Waals surface area contributed by atoms with Crippen molar-refractivity contribution in [3.8, 4) is 0 Å². The Morgan fingerprint density at radius 3 is 2.21 bits per heavy atom. The topological polar surface area (TPSA) is 79.6 Å². The highest BCUT2D eigenvalue weighted by molar-refractivity contribution is 7.90. The smallest absolute Gasteiger partial charge is 0.255 e. The first-order valence-corrected chi connectivity index (χ1v) is 10.2. The quantitative estimate of drug-likeness (QED) is 0.686. The van der Waals surface area contributed by atoms with Crippen molar-refractivity contribution in [1.29, 1.82) is 0 Å². The summed E-state index contributed by atoms with van der Waals surface area (Å²) in [6.45, 7) is 10.9. The summed E-state index contributed by atoms with van der Waals surface area (Å²) in [5, 5.41) is 2.05. The van der Waals surface area contributed by atoms with Gasteiger partial charge in [0.2, 0.25) is 10.0 Å². The lowest BCUT2D eigenvalue weighted by atomic mass is 9.98. The molecule has 148 valence electrons. The van der Waals surface area contributed by atoms with Gasteiger partial charge >= 0.3 is 0 Å². The van der Waals surface area contributed by atoms with Gasteiger partial charge in [-0.05, 0) is 38.5 Å². The Morgan fingerprint density at radius 2 is 1.71 bits per heavy atom. The molecule has 1 unspecified atom stereocenters. The van der Waals surface area contributed by atoms with E-state index in [-0.39, 0.29) is 12.5 Å². The lowest BCUT2D eigenvalue weighted by molar-refractivity contribution is 0.102. The molecule has 2 N–H and O–H groups in total. The van der Waals surface area contributed by atoms with E-state index in [1.165, 1.54) is 32.9 Å². The fourth-order valence-corrected chi connectivity index (χ4v) is 3.10. The molecule has 1 amide bonds. The van der Waals surface area contributed by atoms with Gasteiger partial charge in [-0.3, -0.25) is 4.79 Å². The Labute approximate surface area is 164 Å². The van der Waals surface area contributed by atoms with E-state index in [9.17, 15) is 17.6 Å². The fourth-order valence-electron chi connectivity index (χ4n) is 2.30. The van der Waals surface area contributed by atoms with E-state index in [0.29, 0.717) is 22.5 Å². The van der Waals surface area contributed by atoms with Crippen LogP contribution in [0.25, 0.3) is 4.85 Å². The average Bonchev–Trinajstić information content (AvgIpc) is 2.67. The van der Waals surface area contributed by atoms with E-state index >= 15 is 0 Å². The molecule has 0 aliphatic heterocycles. The van der Waals surface area contributed by atoms with Crippen molar-refractivity contribution < 1.29 is 17.6 Å². The van der Waals surface area contributed by atoms with Gasteiger partial charge in [0.1, 0.15) is 5.67 Å². The summed E-state index contributed by atoms with van der Waals surface area (Å²) >= 11 is 0. The van der Waals surface area contributed by atoms with Crippen molar-refractivity contribution in [1.82, 2.24) is 4.72 Å². The Balaban J connectivity index is 2.05. The third kappa shape index (κ3) is 5.38. The highest BCUT2D eigenvalue weighted by Gasteiger charge is 2.29. The van der Waals surface area contributed by atoms with Gasteiger partial charge in [-0.15, -0.1) is 0 Å². The molecule has 0 aliphatic rings. The molecule has 6 nitrogen and oxygen atoms in total. The first-order valence-electron chi connectivity index (χ1n) is 8.62. The average molecular weight is 403 g/mol. The zero-order valence-electron chi connectivity index (χ0n) is 15.9. The van der Waals surface area contributed by atoms with E-state index in [2.05, 4.69) is 14.9 Å². The molecule has 0 radical (unpaired) electrons. The first-order chi connectivity index (χ1) is 13.0. The van der Waals surface area contributed by atoms with E-state index in [1.54, 1.807) is 36.4 Å². The maximum absolute atomic E-state index is 14.9. The van der Waals surface area contributed by atoms with Gasteiger partial charge < -0.3 is 5.32 Å². The number of nitrogens with one attached hydrogen (secondary N) is 2. The van der Waals surface area contributed by atoms with Gasteiger partial charge in [-0.1, -0.05) is 36.4 Å². The maximum Gasteiger partial charge on any atom is 0.255 e. The van der Waals surface area contributed by atoms with Crippen LogP contribution < -0.4 is 10.0 Å². The molecular formula is C20H22FN3O3S. The van der Waals surface area contributed by atoms with Gasteiger partial charge in [0.05, 0.1) is 11.8 Å². The van der Waals surface area contributed by atoms with Crippen LogP contribution in [0.4, 0.5) is 15.8 Å². The van der Waals surface area contributed by atoms with Gasteiger partial charge in [-0.25, -0.2) is 22.4 Å². The number of carbonyl (C=O) groups excluding carboxylic acids is 1. The number of amides is 1. The van der Waals surface area contributed by atoms with E-state index in [4.69, 9.17) is 6.57 Å². The van der Waals surface area contributed by atoms with Crippen LogP contribution in [0.5, 0.6) is 0 Å². The largest absolute Gasteiger partial charge is 0.322 e. The number of anilines is 1. The SMILES string of the molecule is [C-]#[N+]c1ccc(C(=O)Nc2ccc(C(C)(F)CNS(=O)(=O)C(C)C)cc2)cc1. The number of nitrogens with zero attached hydrogens (tertiary/aromatic N) is 1. The number of hydrogen-bond donors (Lipinski definition) is 2. The van der Waals surface area contributed by atoms with Gasteiger partial charge in [-0.2, -0.15) is 0 Å². The second-order valence-corrected chi connectivity index (χ2v) is 9.12. The van der Waals surface area contributed by atoms with Crippen LogP contribution in [-0.4, -0.2) is 26.1 Å². The number of rotatable bonds is 7. The van der Waals surface area contributed by atoms with Crippen molar-refractivity contribution in [3.05, 3.63) is 71.1 Å². The molecule has 1 atom stereocenters. The summed E-state index contributed by atoms with van der Waals surface area (Å²) in [4.78, 5) is 15.5. The van der Waals surface area contributed by atoms with Gasteiger partial charge in [0.15, 0.2) is 5.69 Å². The summed E-state index contributed by atoms with van der Waals surface area (Å²) in [5.41, 5.74) is -0.300. The van der Waals surface area contributed by atoms with E-state index in [0.717, 1.165) is 0 Å². The minimum Gasteiger partial charge on any atom is -0.322 e. The van der Waals surface area contributed by atoms with Gasteiger partial charge in [0, 0.05) is 17.8 Å². The van der Waals surface area contributed by atoms with Crippen LogP contribution in [-0.2, 0) is 15.7 Å². The molecule has 0 saturated carbocycles. The standard InChI is InChI=1S/C20H22FN3O3S/c1-14(2)28(26,27)23-13-20(3,21)16-7-11-18(12-8-16)24-19(25)15-5-9-17(22-4)10-6-15/h5-12,14,23H,13H2,1-3H3,(H,24,25). The monoisotopic (exact) mass is 403 g/mol. The summed E-state index contributed by atoms with van der Waals surface area (Å²) in [5.74, 6) is -0.350. The predicted octanol–water partition coefficient (Wildman–Crippen LogP) is 4.00. The zero-order chi connectivity index (χ0) is 20.9. The highest BCUT2D eigenvalue weighted by Crippen LogP contribution is 2.26. The second kappa shape index (κ2) is 8.50. The van der Waals surface area contributed by atoms with Crippen LogP contribution in [0.3, 0.4) is 0 Å². The molecule has 0 saturated heterocycles. The predicted molar refractivity (Wildman–Crippen MR) is 108 cm³/mol. The van der Waals surface area contributed by atoms with Crippen LogP contribution >= 0.6 is 0 Å². The Kier molecular flexibility index (Phi) is 6.54. The molecule has 0 bridgehead atoms. The number of benzene rings is 2. The van der Waals surface area contributed by atoms with Crippen molar-refractivity contribution in [3.63, 3.8) is 0 Å². The molecule has 0 aromatic heterocycles. The van der Waals surface area contributed by atoms with Crippen LogP contribution in [0.2, 0.25) is 0 Å². The molecule has 8 heteroatoms. The molecule has 2 aromatic rings. The molecule has 0 aliphatic carbocycles. The molecule has 0 heterocycles. The molecule has 28 heavy (non-hydrogen) atoms.